The zero-order valence-corrected chi connectivity index (χ0v) is 17.9. The van der Waals surface area contributed by atoms with Crippen molar-refractivity contribution in [2.24, 2.45) is 0 Å². The maximum absolute atomic E-state index is 12.8. The number of quaternary nitrogens is 2. The van der Waals surface area contributed by atoms with E-state index in [1.54, 1.807) is 4.90 Å². The Hall–Kier alpha value is -2.83. The zero-order chi connectivity index (χ0) is 21.0. The molecule has 6 heteroatoms. The number of benzene rings is 2. The average molecular weight is 422 g/mol. The molecular formula is C25H31N3O3+2. The molecule has 6 nitrogen and oxygen atoms in total. The first kappa shape index (κ1) is 20.1. The van der Waals surface area contributed by atoms with Crippen LogP contribution in [0, 0.1) is 0 Å². The van der Waals surface area contributed by atoms with Gasteiger partial charge in [-0.2, -0.15) is 0 Å². The number of nitrogens with zero attached hydrogens (tertiary/aromatic N) is 1. The van der Waals surface area contributed by atoms with Gasteiger partial charge in [0.05, 0.1) is 0 Å². The SMILES string of the molecule is O=C(C[NH+]1CC[NH+](Cc2ccc3c(c2)OCO3)CC1)N1CC=C(c2ccccc2)CC1. The summed E-state index contributed by atoms with van der Waals surface area (Å²) in [6.45, 7) is 7.77. The highest BCUT2D eigenvalue weighted by molar-refractivity contribution is 5.79. The molecule has 0 unspecified atom stereocenters. The van der Waals surface area contributed by atoms with Crippen molar-refractivity contribution in [2.75, 3.05) is 52.6 Å². The molecule has 0 saturated carbocycles. The molecule has 0 radical (unpaired) electrons. The van der Waals surface area contributed by atoms with Crippen molar-refractivity contribution in [1.29, 1.82) is 0 Å². The summed E-state index contributed by atoms with van der Waals surface area (Å²) < 4.78 is 10.9. The van der Waals surface area contributed by atoms with Crippen molar-refractivity contribution >= 4 is 11.5 Å². The van der Waals surface area contributed by atoms with Gasteiger partial charge in [0, 0.05) is 18.7 Å². The summed E-state index contributed by atoms with van der Waals surface area (Å²) in [5.74, 6) is 1.99. The first-order valence-corrected chi connectivity index (χ1v) is 11.3. The van der Waals surface area contributed by atoms with E-state index in [9.17, 15) is 4.79 Å². The van der Waals surface area contributed by atoms with Gasteiger partial charge in [0.15, 0.2) is 18.0 Å². The van der Waals surface area contributed by atoms with Crippen molar-refractivity contribution in [3.05, 3.63) is 65.7 Å². The number of carbonyl (C=O) groups is 1. The number of carbonyl (C=O) groups excluding carboxylic acids is 1. The van der Waals surface area contributed by atoms with Gasteiger partial charge in [-0.25, -0.2) is 0 Å². The highest BCUT2D eigenvalue weighted by atomic mass is 16.7. The Morgan fingerprint density at radius 1 is 0.935 bits per heavy atom. The number of hydrogen-bond donors (Lipinski definition) is 2. The van der Waals surface area contributed by atoms with Crippen molar-refractivity contribution in [3.63, 3.8) is 0 Å². The van der Waals surface area contributed by atoms with Crippen LogP contribution in [-0.2, 0) is 11.3 Å². The van der Waals surface area contributed by atoms with Crippen LogP contribution < -0.4 is 19.3 Å². The van der Waals surface area contributed by atoms with E-state index in [4.69, 9.17) is 9.47 Å². The summed E-state index contributed by atoms with van der Waals surface area (Å²) in [6, 6.07) is 16.7. The number of hydrogen-bond acceptors (Lipinski definition) is 3. The average Bonchev–Trinajstić information content (AvgIpc) is 3.29. The third-order valence-electron chi connectivity index (χ3n) is 6.66. The van der Waals surface area contributed by atoms with Crippen LogP contribution in [0.3, 0.4) is 0 Å². The summed E-state index contributed by atoms with van der Waals surface area (Å²) in [5.41, 5.74) is 3.92. The molecule has 1 fully saturated rings. The lowest BCUT2D eigenvalue weighted by Crippen LogP contribution is -3.28. The van der Waals surface area contributed by atoms with Gasteiger partial charge in [0.2, 0.25) is 6.79 Å². The monoisotopic (exact) mass is 421 g/mol. The van der Waals surface area contributed by atoms with E-state index in [1.807, 2.05) is 17.0 Å². The van der Waals surface area contributed by atoms with E-state index in [2.05, 4.69) is 42.5 Å². The van der Waals surface area contributed by atoms with Crippen molar-refractivity contribution in [1.82, 2.24) is 4.90 Å². The summed E-state index contributed by atoms with van der Waals surface area (Å²) in [4.78, 5) is 17.8. The van der Waals surface area contributed by atoms with E-state index >= 15 is 0 Å². The highest BCUT2D eigenvalue weighted by Crippen LogP contribution is 2.32. The molecule has 3 aliphatic rings. The molecule has 5 rings (SSSR count). The topological polar surface area (TPSA) is 47.7 Å². The second-order valence-corrected chi connectivity index (χ2v) is 8.73. The molecule has 1 amide bonds. The van der Waals surface area contributed by atoms with Crippen LogP contribution >= 0.6 is 0 Å². The lowest BCUT2D eigenvalue weighted by molar-refractivity contribution is -1.02. The quantitative estimate of drug-likeness (QED) is 0.716. The third kappa shape index (κ3) is 4.75. The predicted octanol–water partition coefficient (Wildman–Crippen LogP) is 0.0146. The first-order chi connectivity index (χ1) is 15.2. The lowest BCUT2D eigenvalue weighted by atomic mass is 9.99. The molecule has 0 bridgehead atoms. The largest absolute Gasteiger partial charge is 0.454 e. The van der Waals surface area contributed by atoms with Gasteiger partial charge >= 0.3 is 0 Å². The van der Waals surface area contributed by atoms with Gasteiger partial charge in [-0.3, -0.25) is 4.79 Å². The molecule has 3 aliphatic heterocycles. The summed E-state index contributed by atoms with van der Waals surface area (Å²) in [6.07, 6.45) is 3.16. The molecule has 0 atom stereocenters. The molecule has 3 heterocycles. The van der Waals surface area contributed by atoms with E-state index in [1.165, 1.54) is 21.6 Å². The van der Waals surface area contributed by atoms with Crippen LogP contribution in [0.4, 0.5) is 0 Å². The van der Waals surface area contributed by atoms with Gasteiger partial charge in [-0.05, 0) is 35.8 Å². The molecule has 162 valence electrons. The standard InChI is InChI=1S/C25H29N3O3/c29-25(28-10-8-22(9-11-28)21-4-2-1-3-5-21)18-27-14-12-26(13-15-27)17-20-6-7-23-24(16-20)31-19-30-23/h1-8,16H,9-15,17-19H2/p+2. The minimum atomic E-state index is 0.289. The zero-order valence-electron chi connectivity index (χ0n) is 17.9. The van der Waals surface area contributed by atoms with E-state index in [0.29, 0.717) is 13.3 Å². The summed E-state index contributed by atoms with van der Waals surface area (Å²) >= 11 is 0. The molecule has 0 aromatic heterocycles. The number of nitrogens with one attached hydrogen (secondary N) is 2. The second-order valence-electron chi connectivity index (χ2n) is 8.73. The molecule has 31 heavy (non-hydrogen) atoms. The van der Waals surface area contributed by atoms with Gasteiger partial charge < -0.3 is 24.2 Å². The minimum absolute atomic E-state index is 0.289. The summed E-state index contributed by atoms with van der Waals surface area (Å²) in [7, 11) is 0. The molecule has 2 aromatic rings. The van der Waals surface area contributed by atoms with Crippen molar-refractivity contribution in [3.8, 4) is 11.5 Å². The van der Waals surface area contributed by atoms with E-state index in [0.717, 1.165) is 63.7 Å². The Morgan fingerprint density at radius 3 is 2.48 bits per heavy atom. The lowest BCUT2D eigenvalue weighted by Gasteiger charge is -2.32. The number of fused-ring (bicyclic) bond motifs is 1. The van der Waals surface area contributed by atoms with Crippen LogP contribution in [0.15, 0.2) is 54.6 Å². The van der Waals surface area contributed by atoms with Crippen LogP contribution in [0.2, 0.25) is 0 Å². The van der Waals surface area contributed by atoms with Gasteiger partial charge in [-0.15, -0.1) is 0 Å². The molecule has 2 aromatic carbocycles. The Bertz CT molecular complexity index is 952. The first-order valence-electron chi connectivity index (χ1n) is 11.3. The molecule has 0 aliphatic carbocycles. The highest BCUT2D eigenvalue weighted by Gasteiger charge is 2.28. The third-order valence-corrected chi connectivity index (χ3v) is 6.66. The van der Waals surface area contributed by atoms with Gasteiger partial charge in [0.1, 0.15) is 32.7 Å². The van der Waals surface area contributed by atoms with Gasteiger partial charge in [-0.1, -0.05) is 36.4 Å². The Balaban J connectivity index is 1.08. The fraction of sp³-hybridized carbons (Fsp3) is 0.400. The fourth-order valence-electron chi connectivity index (χ4n) is 4.79. The molecular weight excluding hydrogens is 390 g/mol. The van der Waals surface area contributed by atoms with E-state index < -0.39 is 0 Å². The Labute approximate surface area is 183 Å². The van der Waals surface area contributed by atoms with Crippen LogP contribution in [-0.4, -0.2) is 63.4 Å². The van der Waals surface area contributed by atoms with Crippen molar-refractivity contribution < 1.29 is 24.1 Å². The second kappa shape index (κ2) is 9.12. The smallest absolute Gasteiger partial charge is 0.278 e. The van der Waals surface area contributed by atoms with E-state index in [-0.39, 0.29) is 5.91 Å². The minimum Gasteiger partial charge on any atom is -0.454 e. The fourth-order valence-corrected chi connectivity index (χ4v) is 4.79. The van der Waals surface area contributed by atoms with Crippen molar-refractivity contribution in [2.45, 2.75) is 13.0 Å². The number of amides is 1. The Morgan fingerprint density at radius 2 is 1.71 bits per heavy atom. The van der Waals surface area contributed by atoms with Crippen LogP contribution in [0.5, 0.6) is 11.5 Å². The summed E-state index contributed by atoms with van der Waals surface area (Å²) in [5, 5.41) is 0. The molecule has 2 N–H and O–H groups in total. The molecule has 0 spiro atoms. The Kier molecular flexibility index (Phi) is 5.91. The van der Waals surface area contributed by atoms with Crippen LogP contribution in [0.25, 0.3) is 5.57 Å². The maximum Gasteiger partial charge on any atom is 0.278 e. The number of rotatable bonds is 5. The molecule has 1 saturated heterocycles. The van der Waals surface area contributed by atoms with Crippen LogP contribution in [0.1, 0.15) is 17.5 Å². The number of piperazine rings is 1. The normalized spacial score (nSPS) is 22.8. The number of ether oxygens (including phenoxy) is 2. The maximum atomic E-state index is 12.8. The predicted molar refractivity (Wildman–Crippen MR) is 118 cm³/mol. The van der Waals surface area contributed by atoms with Gasteiger partial charge in [0.25, 0.3) is 5.91 Å².